The third-order valence-corrected chi connectivity index (χ3v) is 6.59. The Kier molecular flexibility index (Phi) is 4.41. The largest absolute Gasteiger partial charge is 0.385 e. The van der Waals surface area contributed by atoms with E-state index in [-0.39, 0.29) is 22.8 Å². The van der Waals surface area contributed by atoms with Crippen molar-refractivity contribution in [3.05, 3.63) is 78.0 Å². The van der Waals surface area contributed by atoms with Gasteiger partial charge in [-0.1, -0.05) is 30.3 Å². The molecule has 0 spiro atoms. The topological polar surface area (TPSA) is 50.9 Å². The summed E-state index contributed by atoms with van der Waals surface area (Å²) in [5.41, 5.74) is 3.74. The van der Waals surface area contributed by atoms with Crippen LogP contribution in [0.25, 0.3) is 22.2 Å². The fourth-order valence-electron chi connectivity index (χ4n) is 4.08. The fraction of sp³-hybridized carbons (Fsp3) is 0.217. The van der Waals surface area contributed by atoms with Crippen molar-refractivity contribution >= 4 is 21.9 Å². The Morgan fingerprint density at radius 2 is 1.90 bits per heavy atom. The van der Waals surface area contributed by atoms with Gasteiger partial charge in [-0.2, -0.15) is 0 Å². The number of hydrogen-bond acceptors (Lipinski definition) is 3. The van der Waals surface area contributed by atoms with E-state index in [4.69, 9.17) is 0 Å². The smallest absolute Gasteiger partial charge is 0.246 e. The van der Waals surface area contributed by atoms with E-state index >= 15 is 0 Å². The van der Waals surface area contributed by atoms with Crippen molar-refractivity contribution < 1.29 is 9.50 Å². The zero-order chi connectivity index (χ0) is 20.1. The maximum atomic E-state index is 14.9. The number of halogens is 1. The Morgan fingerprint density at radius 1 is 1.10 bits per heavy atom. The second-order valence-electron chi connectivity index (χ2n) is 7.54. The lowest BCUT2D eigenvalue weighted by Gasteiger charge is -2.15. The molecule has 0 amide bonds. The summed E-state index contributed by atoms with van der Waals surface area (Å²) < 4.78 is 17.0. The molecule has 6 heteroatoms. The SMILES string of the molecule is C[S+](C)c1ccc(-c2cc3c(cc2F)nc2n3[C@H](c3ccccc3)C[C@@H]2O)cn1. The summed E-state index contributed by atoms with van der Waals surface area (Å²) in [5.74, 6) is 0.265. The molecule has 0 bridgehead atoms. The zero-order valence-corrected chi connectivity index (χ0v) is 17.0. The molecule has 3 heterocycles. The second-order valence-corrected chi connectivity index (χ2v) is 9.59. The van der Waals surface area contributed by atoms with Crippen LogP contribution in [0.1, 0.15) is 30.0 Å². The number of nitrogens with zero attached hydrogens (tertiary/aromatic N) is 3. The molecule has 4 aromatic rings. The number of imidazole rings is 1. The van der Waals surface area contributed by atoms with E-state index in [1.807, 2.05) is 36.4 Å². The van der Waals surface area contributed by atoms with Gasteiger partial charge in [0.2, 0.25) is 5.03 Å². The molecule has 0 radical (unpaired) electrons. The summed E-state index contributed by atoms with van der Waals surface area (Å²) in [6.45, 7) is 0. The molecule has 29 heavy (non-hydrogen) atoms. The molecule has 0 unspecified atom stereocenters. The average Bonchev–Trinajstić information content (AvgIpc) is 3.25. The molecule has 4 nitrogen and oxygen atoms in total. The number of pyridine rings is 1. The fourth-order valence-corrected chi connectivity index (χ4v) is 4.69. The molecule has 0 saturated heterocycles. The van der Waals surface area contributed by atoms with Crippen LogP contribution in [0.4, 0.5) is 4.39 Å². The van der Waals surface area contributed by atoms with Gasteiger partial charge >= 0.3 is 0 Å². The van der Waals surface area contributed by atoms with Crippen molar-refractivity contribution in [1.82, 2.24) is 14.5 Å². The maximum Gasteiger partial charge on any atom is 0.246 e. The summed E-state index contributed by atoms with van der Waals surface area (Å²) >= 11 is 0. The summed E-state index contributed by atoms with van der Waals surface area (Å²) in [5, 5.41) is 11.6. The number of aliphatic hydroxyl groups excluding tert-OH is 1. The van der Waals surface area contributed by atoms with Crippen molar-refractivity contribution in [2.75, 3.05) is 12.5 Å². The van der Waals surface area contributed by atoms with Crippen LogP contribution >= 0.6 is 0 Å². The highest BCUT2D eigenvalue weighted by Gasteiger charge is 2.34. The molecule has 1 N–H and O–H groups in total. The van der Waals surface area contributed by atoms with Crippen LogP contribution in [0.15, 0.2) is 65.8 Å². The van der Waals surface area contributed by atoms with E-state index in [2.05, 4.69) is 39.2 Å². The third kappa shape index (κ3) is 3.03. The molecule has 0 aliphatic carbocycles. The minimum Gasteiger partial charge on any atom is -0.385 e. The first kappa shape index (κ1) is 18.3. The van der Waals surface area contributed by atoms with Gasteiger partial charge in [-0.25, -0.2) is 14.4 Å². The highest BCUT2D eigenvalue weighted by atomic mass is 32.2. The highest BCUT2D eigenvalue weighted by Crippen LogP contribution is 2.42. The second kappa shape index (κ2) is 6.97. The Labute approximate surface area is 171 Å². The van der Waals surface area contributed by atoms with Gasteiger partial charge in [0.25, 0.3) is 0 Å². The van der Waals surface area contributed by atoms with Crippen LogP contribution in [0.2, 0.25) is 0 Å². The van der Waals surface area contributed by atoms with Crippen LogP contribution in [0, 0.1) is 5.82 Å². The summed E-state index contributed by atoms with van der Waals surface area (Å²) in [7, 11) is 0.0585. The molecule has 2 aromatic carbocycles. The molecule has 2 atom stereocenters. The molecule has 1 aliphatic heterocycles. The van der Waals surface area contributed by atoms with Gasteiger partial charge < -0.3 is 9.67 Å². The zero-order valence-electron chi connectivity index (χ0n) is 16.2. The molecule has 2 aromatic heterocycles. The number of aliphatic hydroxyl groups is 1. The van der Waals surface area contributed by atoms with Crippen LogP contribution in [0.3, 0.4) is 0 Å². The van der Waals surface area contributed by atoms with Crippen molar-refractivity contribution in [1.29, 1.82) is 0 Å². The first-order valence-electron chi connectivity index (χ1n) is 9.51. The average molecular weight is 407 g/mol. The Morgan fingerprint density at radius 3 is 2.59 bits per heavy atom. The van der Waals surface area contributed by atoms with E-state index in [0.29, 0.717) is 23.3 Å². The van der Waals surface area contributed by atoms with Crippen molar-refractivity contribution in [3.63, 3.8) is 0 Å². The summed E-state index contributed by atoms with van der Waals surface area (Å²) in [4.78, 5) is 9.04. The monoisotopic (exact) mass is 406 g/mol. The maximum absolute atomic E-state index is 14.9. The lowest BCUT2D eigenvalue weighted by atomic mass is 10.0. The quantitative estimate of drug-likeness (QED) is 0.510. The predicted molar refractivity (Wildman–Crippen MR) is 115 cm³/mol. The lowest BCUT2D eigenvalue weighted by molar-refractivity contribution is 0.172. The Hall–Kier alpha value is -2.70. The molecule has 0 fully saturated rings. The van der Waals surface area contributed by atoms with Gasteiger partial charge in [0, 0.05) is 46.8 Å². The van der Waals surface area contributed by atoms with Crippen molar-refractivity contribution in [2.45, 2.75) is 23.6 Å². The van der Waals surface area contributed by atoms with E-state index < -0.39 is 6.10 Å². The van der Waals surface area contributed by atoms with Gasteiger partial charge in [0.05, 0.1) is 17.1 Å². The Balaban J connectivity index is 1.67. The normalized spacial score (nSPS) is 18.5. The number of fused-ring (bicyclic) bond motifs is 3. The first-order chi connectivity index (χ1) is 14.0. The number of aromatic nitrogens is 3. The van der Waals surface area contributed by atoms with Crippen LogP contribution in [-0.2, 0) is 10.9 Å². The highest BCUT2D eigenvalue weighted by molar-refractivity contribution is 7.95. The molecule has 146 valence electrons. The van der Waals surface area contributed by atoms with E-state index in [9.17, 15) is 9.50 Å². The molecular formula is C23H21FN3OS+. The van der Waals surface area contributed by atoms with Gasteiger partial charge in [-0.15, -0.1) is 0 Å². The number of rotatable bonds is 3. The third-order valence-electron chi connectivity index (χ3n) is 5.51. The standard InChI is InChI=1S/C23H21FN3OS/c1-29(2)22-9-8-15(13-25-22)16-10-20-18(11-17(16)24)26-23-21(28)12-19(27(20)23)14-6-4-3-5-7-14/h3-11,13,19,21,28H,12H2,1-2H3/q+1/t19-,21-/m0/s1. The minimum atomic E-state index is -0.660. The van der Waals surface area contributed by atoms with Crippen LogP contribution in [-0.4, -0.2) is 32.2 Å². The van der Waals surface area contributed by atoms with E-state index in [1.54, 1.807) is 6.20 Å². The summed E-state index contributed by atoms with van der Waals surface area (Å²) in [6.07, 6.45) is 5.86. The van der Waals surface area contributed by atoms with Crippen LogP contribution < -0.4 is 0 Å². The molecule has 5 rings (SSSR count). The van der Waals surface area contributed by atoms with Gasteiger partial charge in [-0.05, 0) is 17.7 Å². The lowest BCUT2D eigenvalue weighted by Crippen LogP contribution is -2.05. The van der Waals surface area contributed by atoms with Crippen molar-refractivity contribution in [2.24, 2.45) is 0 Å². The predicted octanol–water partition coefficient (Wildman–Crippen LogP) is 4.50. The molecule has 1 aliphatic rings. The van der Waals surface area contributed by atoms with Gasteiger partial charge in [0.15, 0.2) is 0 Å². The van der Waals surface area contributed by atoms with Crippen LogP contribution in [0.5, 0.6) is 0 Å². The minimum absolute atomic E-state index is 0.0212. The van der Waals surface area contributed by atoms with E-state index in [1.165, 1.54) is 6.07 Å². The molecular weight excluding hydrogens is 385 g/mol. The van der Waals surface area contributed by atoms with Gasteiger partial charge in [-0.3, -0.25) is 0 Å². The summed E-state index contributed by atoms with van der Waals surface area (Å²) in [6, 6.07) is 17.2. The Bertz CT molecular complexity index is 1190. The van der Waals surface area contributed by atoms with Gasteiger partial charge in [0.1, 0.15) is 30.3 Å². The number of hydrogen-bond donors (Lipinski definition) is 1. The first-order valence-corrected chi connectivity index (χ1v) is 11.6. The van der Waals surface area contributed by atoms with E-state index in [0.717, 1.165) is 21.7 Å². The molecule has 0 saturated carbocycles. The van der Waals surface area contributed by atoms with Crippen molar-refractivity contribution in [3.8, 4) is 11.1 Å². The number of benzene rings is 2.